The van der Waals surface area contributed by atoms with Gasteiger partial charge in [0.1, 0.15) is 0 Å². The molecule has 1 aliphatic heterocycles. The summed E-state index contributed by atoms with van der Waals surface area (Å²) in [5.74, 6) is 0. The minimum Gasteiger partial charge on any atom is -0.346 e. The first-order valence-electron chi connectivity index (χ1n) is 7.17. The average Bonchev–Trinajstić information content (AvgIpc) is 2.65. The Morgan fingerprint density at radius 2 is 2.11 bits per heavy atom. The second-order valence-electron chi connectivity index (χ2n) is 5.79. The van der Waals surface area contributed by atoms with Crippen LogP contribution in [0.1, 0.15) is 24.1 Å². The first kappa shape index (κ1) is 12.7. The number of nitrogens with zero attached hydrogens (tertiary/aromatic N) is 2. The monoisotopic (exact) mass is 257 g/mol. The van der Waals surface area contributed by atoms with E-state index in [1.807, 2.05) is 0 Å². The summed E-state index contributed by atoms with van der Waals surface area (Å²) in [7, 11) is 2.18. The molecular weight excluding hydrogens is 234 g/mol. The molecule has 1 atom stereocenters. The Hall–Kier alpha value is -1.32. The molecule has 0 aliphatic carbocycles. The lowest BCUT2D eigenvalue weighted by Crippen LogP contribution is -2.42. The number of rotatable bonds is 2. The maximum atomic E-state index is 6.08. The van der Waals surface area contributed by atoms with E-state index in [1.165, 1.54) is 41.5 Å². The molecule has 1 aliphatic rings. The molecule has 0 saturated carbocycles. The van der Waals surface area contributed by atoms with E-state index in [2.05, 4.69) is 47.7 Å². The van der Waals surface area contributed by atoms with E-state index in [1.54, 1.807) is 0 Å². The van der Waals surface area contributed by atoms with E-state index in [9.17, 15) is 0 Å². The van der Waals surface area contributed by atoms with Crippen LogP contribution < -0.4 is 5.73 Å². The smallest absolute Gasteiger partial charge is 0.0483 e. The van der Waals surface area contributed by atoms with Crippen molar-refractivity contribution in [2.24, 2.45) is 12.8 Å². The fourth-order valence-electron chi connectivity index (χ4n) is 3.31. The van der Waals surface area contributed by atoms with Gasteiger partial charge in [-0.05, 0) is 37.9 Å². The first-order valence-corrected chi connectivity index (χ1v) is 7.17. The quantitative estimate of drug-likeness (QED) is 0.896. The van der Waals surface area contributed by atoms with E-state index in [0.717, 1.165) is 13.1 Å². The van der Waals surface area contributed by atoms with E-state index in [-0.39, 0.29) is 0 Å². The summed E-state index contributed by atoms with van der Waals surface area (Å²) in [6.07, 6.45) is 2.40. The van der Waals surface area contributed by atoms with Gasteiger partial charge in [-0.1, -0.05) is 18.2 Å². The van der Waals surface area contributed by atoms with Crippen molar-refractivity contribution in [2.45, 2.75) is 32.4 Å². The molecule has 3 heteroatoms. The summed E-state index contributed by atoms with van der Waals surface area (Å²) in [6.45, 7) is 5.46. The Labute approximate surface area is 115 Å². The number of benzene rings is 1. The van der Waals surface area contributed by atoms with Crippen molar-refractivity contribution in [2.75, 3.05) is 13.1 Å². The number of fused-ring (bicyclic) bond motifs is 1. The molecule has 1 aromatic carbocycles. The van der Waals surface area contributed by atoms with Crippen LogP contribution in [0.5, 0.6) is 0 Å². The van der Waals surface area contributed by atoms with Gasteiger partial charge in [0.25, 0.3) is 0 Å². The fourth-order valence-corrected chi connectivity index (χ4v) is 3.31. The molecule has 102 valence electrons. The SMILES string of the molecule is Cc1c(CN2CCCC(N)C2)n(C)c2ccccc12. The summed E-state index contributed by atoms with van der Waals surface area (Å²) in [5, 5.41) is 1.38. The molecule has 0 bridgehead atoms. The Kier molecular flexibility index (Phi) is 3.33. The number of piperidine rings is 1. The molecule has 1 fully saturated rings. The van der Waals surface area contributed by atoms with Crippen LogP contribution in [0.25, 0.3) is 10.9 Å². The highest BCUT2D eigenvalue weighted by atomic mass is 15.2. The van der Waals surface area contributed by atoms with Crippen LogP contribution in [0, 0.1) is 6.92 Å². The number of likely N-dealkylation sites (tertiary alicyclic amines) is 1. The highest BCUT2D eigenvalue weighted by Gasteiger charge is 2.19. The van der Waals surface area contributed by atoms with E-state index in [4.69, 9.17) is 5.73 Å². The Balaban J connectivity index is 1.92. The van der Waals surface area contributed by atoms with Crippen LogP contribution in [0.2, 0.25) is 0 Å². The predicted octanol–water partition coefficient (Wildman–Crippen LogP) is 2.41. The fraction of sp³-hybridized carbons (Fsp3) is 0.500. The van der Waals surface area contributed by atoms with Crippen molar-refractivity contribution < 1.29 is 0 Å². The number of aromatic nitrogens is 1. The lowest BCUT2D eigenvalue weighted by molar-refractivity contribution is 0.198. The second kappa shape index (κ2) is 4.99. The zero-order chi connectivity index (χ0) is 13.4. The summed E-state index contributed by atoms with van der Waals surface area (Å²) < 4.78 is 2.34. The third-order valence-corrected chi connectivity index (χ3v) is 4.42. The molecule has 2 aromatic rings. The molecule has 19 heavy (non-hydrogen) atoms. The van der Waals surface area contributed by atoms with Gasteiger partial charge in [0.05, 0.1) is 0 Å². The minimum atomic E-state index is 0.351. The van der Waals surface area contributed by atoms with E-state index < -0.39 is 0 Å². The maximum Gasteiger partial charge on any atom is 0.0483 e. The Morgan fingerprint density at radius 3 is 2.84 bits per heavy atom. The third kappa shape index (κ3) is 2.28. The molecule has 0 radical (unpaired) electrons. The van der Waals surface area contributed by atoms with Gasteiger partial charge in [0, 0.05) is 42.8 Å². The molecule has 2 N–H and O–H groups in total. The molecule has 1 unspecified atom stereocenters. The van der Waals surface area contributed by atoms with Gasteiger partial charge < -0.3 is 10.3 Å². The van der Waals surface area contributed by atoms with Crippen molar-refractivity contribution in [1.82, 2.24) is 9.47 Å². The molecule has 1 saturated heterocycles. The third-order valence-electron chi connectivity index (χ3n) is 4.42. The topological polar surface area (TPSA) is 34.2 Å². The van der Waals surface area contributed by atoms with Gasteiger partial charge in [0.15, 0.2) is 0 Å². The summed E-state index contributed by atoms with van der Waals surface area (Å²) in [4.78, 5) is 2.50. The van der Waals surface area contributed by atoms with Crippen LogP contribution in [0.15, 0.2) is 24.3 Å². The van der Waals surface area contributed by atoms with Crippen molar-refractivity contribution in [3.8, 4) is 0 Å². The van der Waals surface area contributed by atoms with Crippen molar-refractivity contribution in [3.63, 3.8) is 0 Å². The Morgan fingerprint density at radius 1 is 1.32 bits per heavy atom. The van der Waals surface area contributed by atoms with Gasteiger partial charge in [-0.25, -0.2) is 0 Å². The van der Waals surface area contributed by atoms with Gasteiger partial charge in [0.2, 0.25) is 0 Å². The Bertz CT molecular complexity index is 546. The lowest BCUT2D eigenvalue weighted by atomic mass is 10.1. The van der Waals surface area contributed by atoms with Gasteiger partial charge >= 0.3 is 0 Å². The van der Waals surface area contributed by atoms with Crippen LogP contribution in [0.4, 0.5) is 0 Å². The van der Waals surface area contributed by atoms with Crippen LogP contribution in [0.3, 0.4) is 0 Å². The lowest BCUT2D eigenvalue weighted by Gasteiger charge is -2.31. The summed E-state index contributed by atoms with van der Waals surface area (Å²) in [6, 6.07) is 9.01. The molecule has 3 nitrogen and oxygen atoms in total. The van der Waals surface area contributed by atoms with Crippen LogP contribution >= 0.6 is 0 Å². The van der Waals surface area contributed by atoms with Crippen LogP contribution in [-0.2, 0) is 13.6 Å². The summed E-state index contributed by atoms with van der Waals surface area (Å²) in [5.41, 5.74) is 10.3. The minimum absolute atomic E-state index is 0.351. The van der Waals surface area contributed by atoms with Gasteiger partial charge in [-0.3, -0.25) is 4.90 Å². The van der Waals surface area contributed by atoms with E-state index >= 15 is 0 Å². The second-order valence-corrected chi connectivity index (χ2v) is 5.79. The van der Waals surface area contributed by atoms with Crippen molar-refractivity contribution in [1.29, 1.82) is 0 Å². The van der Waals surface area contributed by atoms with Gasteiger partial charge in [-0.2, -0.15) is 0 Å². The van der Waals surface area contributed by atoms with Crippen molar-refractivity contribution in [3.05, 3.63) is 35.5 Å². The molecule has 3 rings (SSSR count). The van der Waals surface area contributed by atoms with Gasteiger partial charge in [-0.15, -0.1) is 0 Å². The largest absolute Gasteiger partial charge is 0.346 e. The molecule has 0 spiro atoms. The highest BCUT2D eigenvalue weighted by Crippen LogP contribution is 2.26. The highest BCUT2D eigenvalue weighted by molar-refractivity contribution is 5.85. The van der Waals surface area contributed by atoms with E-state index in [0.29, 0.717) is 6.04 Å². The first-order chi connectivity index (χ1) is 9.16. The molecule has 0 amide bonds. The number of hydrogen-bond donors (Lipinski definition) is 1. The normalized spacial score (nSPS) is 21.1. The average molecular weight is 257 g/mol. The zero-order valence-corrected chi connectivity index (χ0v) is 11.9. The number of nitrogens with two attached hydrogens (primary N) is 1. The number of aryl methyl sites for hydroxylation is 2. The predicted molar refractivity (Wildman–Crippen MR) is 80.1 cm³/mol. The standard InChI is InChI=1S/C16H23N3/c1-12-14-7-3-4-8-15(14)18(2)16(12)11-19-9-5-6-13(17)10-19/h3-4,7-8,13H,5-6,9-11,17H2,1-2H3. The molecule has 2 heterocycles. The maximum absolute atomic E-state index is 6.08. The van der Waals surface area contributed by atoms with Crippen molar-refractivity contribution >= 4 is 10.9 Å². The molecular formula is C16H23N3. The zero-order valence-electron chi connectivity index (χ0n) is 11.9. The number of para-hydroxylation sites is 1. The number of hydrogen-bond acceptors (Lipinski definition) is 2. The van der Waals surface area contributed by atoms with Crippen LogP contribution in [-0.4, -0.2) is 28.6 Å². The molecule has 1 aromatic heterocycles. The summed E-state index contributed by atoms with van der Waals surface area (Å²) >= 11 is 0.